The molecular formula is C16H18N4S. The molecular weight excluding hydrogens is 280 g/mol. The number of hydrogen-bond donors (Lipinski definition) is 1. The summed E-state index contributed by atoms with van der Waals surface area (Å²) in [6, 6.07) is 10.6. The lowest BCUT2D eigenvalue weighted by molar-refractivity contribution is 0.560. The maximum Gasteiger partial charge on any atom is 0.110 e. The van der Waals surface area contributed by atoms with E-state index >= 15 is 0 Å². The maximum atomic E-state index is 4.44. The van der Waals surface area contributed by atoms with Gasteiger partial charge in [0.25, 0.3) is 0 Å². The minimum absolute atomic E-state index is 0.240. The summed E-state index contributed by atoms with van der Waals surface area (Å²) >= 11 is 1.68. The predicted octanol–water partition coefficient (Wildman–Crippen LogP) is 3.49. The molecule has 0 aliphatic heterocycles. The van der Waals surface area contributed by atoms with E-state index in [2.05, 4.69) is 38.9 Å². The Morgan fingerprint density at radius 3 is 2.76 bits per heavy atom. The van der Waals surface area contributed by atoms with Crippen molar-refractivity contribution in [3.8, 4) is 5.69 Å². The molecule has 0 bridgehead atoms. The van der Waals surface area contributed by atoms with Gasteiger partial charge in [-0.05, 0) is 26.0 Å². The maximum absolute atomic E-state index is 4.44. The zero-order valence-electron chi connectivity index (χ0n) is 12.2. The highest BCUT2D eigenvalue weighted by molar-refractivity contribution is 7.09. The lowest BCUT2D eigenvalue weighted by Gasteiger charge is -2.14. The Hall–Kier alpha value is -1.98. The first kappa shape index (κ1) is 14.0. The van der Waals surface area contributed by atoms with Crippen LogP contribution in [0.1, 0.15) is 29.5 Å². The number of rotatable bonds is 5. The molecule has 1 unspecified atom stereocenters. The molecule has 0 radical (unpaired) electrons. The Balaban J connectivity index is 1.78. The van der Waals surface area contributed by atoms with Gasteiger partial charge in [-0.3, -0.25) is 4.57 Å². The molecule has 1 atom stereocenters. The number of thiazole rings is 1. The van der Waals surface area contributed by atoms with Crippen molar-refractivity contribution in [2.75, 3.05) is 0 Å². The molecule has 0 aliphatic rings. The lowest BCUT2D eigenvalue weighted by Crippen LogP contribution is -2.19. The minimum atomic E-state index is 0.240. The molecule has 0 fully saturated rings. The standard InChI is InChI=1S/C16H18N4S/c1-12(16-17-8-9-21-16)18-10-15-11-19-13(2)20(15)14-6-4-3-5-7-14/h3-9,11-12,18H,10H2,1-2H3. The molecule has 5 heteroatoms. The van der Waals surface area contributed by atoms with Crippen LogP contribution in [0.5, 0.6) is 0 Å². The smallest absolute Gasteiger partial charge is 0.110 e. The van der Waals surface area contributed by atoms with E-state index in [4.69, 9.17) is 0 Å². The van der Waals surface area contributed by atoms with Crippen molar-refractivity contribution >= 4 is 11.3 Å². The van der Waals surface area contributed by atoms with Crippen molar-refractivity contribution in [3.63, 3.8) is 0 Å². The Morgan fingerprint density at radius 1 is 1.24 bits per heavy atom. The fourth-order valence-corrected chi connectivity index (χ4v) is 3.01. The minimum Gasteiger partial charge on any atom is -0.302 e. The summed E-state index contributed by atoms with van der Waals surface area (Å²) in [5.74, 6) is 1.000. The van der Waals surface area contributed by atoms with Gasteiger partial charge >= 0.3 is 0 Å². The van der Waals surface area contributed by atoms with Gasteiger partial charge in [-0.15, -0.1) is 11.3 Å². The van der Waals surface area contributed by atoms with Crippen LogP contribution in [0.4, 0.5) is 0 Å². The monoisotopic (exact) mass is 298 g/mol. The summed E-state index contributed by atoms with van der Waals surface area (Å²) in [5, 5.41) is 6.63. The molecule has 108 valence electrons. The molecule has 21 heavy (non-hydrogen) atoms. The Bertz CT molecular complexity index is 688. The van der Waals surface area contributed by atoms with Crippen molar-refractivity contribution < 1.29 is 0 Å². The van der Waals surface area contributed by atoms with Crippen molar-refractivity contribution in [1.82, 2.24) is 19.9 Å². The van der Waals surface area contributed by atoms with Crippen LogP contribution in [0.15, 0.2) is 48.1 Å². The second kappa shape index (κ2) is 6.20. The van der Waals surface area contributed by atoms with Gasteiger partial charge in [0.15, 0.2) is 0 Å². The Kier molecular flexibility index (Phi) is 4.13. The van der Waals surface area contributed by atoms with Gasteiger partial charge in [-0.2, -0.15) is 0 Å². The van der Waals surface area contributed by atoms with Crippen LogP contribution in [0, 0.1) is 6.92 Å². The first-order valence-electron chi connectivity index (χ1n) is 6.97. The van der Waals surface area contributed by atoms with Crippen LogP contribution in [-0.2, 0) is 6.54 Å². The molecule has 0 amide bonds. The molecule has 1 aromatic carbocycles. The molecule has 3 aromatic rings. The van der Waals surface area contributed by atoms with E-state index in [1.165, 1.54) is 0 Å². The first-order valence-corrected chi connectivity index (χ1v) is 7.85. The van der Waals surface area contributed by atoms with Crippen LogP contribution in [0.25, 0.3) is 5.69 Å². The average molecular weight is 298 g/mol. The van der Waals surface area contributed by atoms with E-state index in [0.717, 1.165) is 28.8 Å². The number of nitrogens with one attached hydrogen (secondary N) is 1. The SMILES string of the molecule is Cc1ncc(CNC(C)c2nccs2)n1-c1ccccc1. The van der Waals surface area contributed by atoms with Crippen LogP contribution in [0.3, 0.4) is 0 Å². The van der Waals surface area contributed by atoms with Crippen molar-refractivity contribution in [2.24, 2.45) is 0 Å². The number of para-hydroxylation sites is 1. The van der Waals surface area contributed by atoms with Gasteiger partial charge in [0, 0.05) is 23.8 Å². The van der Waals surface area contributed by atoms with E-state index in [9.17, 15) is 0 Å². The normalized spacial score (nSPS) is 12.5. The summed E-state index contributed by atoms with van der Waals surface area (Å²) in [5.41, 5.74) is 2.30. The van der Waals surface area contributed by atoms with Crippen LogP contribution in [0.2, 0.25) is 0 Å². The van der Waals surface area contributed by atoms with Crippen LogP contribution in [-0.4, -0.2) is 14.5 Å². The molecule has 4 nitrogen and oxygen atoms in total. The molecule has 0 aliphatic carbocycles. The zero-order chi connectivity index (χ0) is 14.7. The first-order chi connectivity index (χ1) is 10.3. The fourth-order valence-electron chi connectivity index (χ4n) is 2.34. The summed E-state index contributed by atoms with van der Waals surface area (Å²) in [7, 11) is 0. The van der Waals surface area contributed by atoms with Gasteiger partial charge < -0.3 is 5.32 Å². The highest BCUT2D eigenvalue weighted by Gasteiger charge is 2.11. The van der Waals surface area contributed by atoms with Gasteiger partial charge in [-0.25, -0.2) is 9.97 Å². The van der Waals surface area contributed by atoms with Crippen molar-refractivity contribution in [3.05, 3.63) is 64.6 Å². The predicted molar refractivity (Wildman–Crippen MR) is 85.7 cm³/mol. The Labute approximate surface area is 128 Å². The van der Waals surface area contributed by atoms with E-state index in [1.807, 2.05) is 42.9 Å². The second-order valence-corrected chi connectivity index (χ2v) is 5.87. The summed E-state index contributed by atoms with van der Waals surface area (Å²) in [6.07, 6.45) is 3.78. The number of imidazole rings is 1. The third-order valence-corrected chi connectivity index (χ3v) is 4.40. The number of benzene rings is 1. The molecule has 2 heterocycles. The second-order valence-electron chi connectivity index (χ2n) is 4.94. The largest absolute Gasteiger partial charge is 0.302 e. The lowest BCUT2D eigenvalue weighted by atomic mass is 10.3. The van der Waals surface area contributed by atoms with Gasteiger partial charge in [-0.1, -0.05) is 18.2 Å². The third-order valence-electron chi connectivity index (χ3n) is 3.44. The molecule has 0 saturated carbocycles. The molecule has 0 saturated heterocycles. The fraction of sp³-hybridized carbons (Fsp3) is 0.250. The number of aryl methyl sites for hydroxylation is 1. The van der Waals surface area contributed by atoms with E-state index in [-0.39, 0.29) is 6.04 Å². The summed E-state index contributed by atoms with van der Waals surface area (Å²) in [4.78, 5) is 8.79. The van der Waals surface area contributed by atoms with E-state index in [1.54, 1.807) is 11.3 Å². The highest BCUT2D eigenvalue weighted by Crippen LogP contribution is 2.18. The van der Waals surface area contributed by atoms with Gasteiger partial charge in [0.2, 0.25) is 0 Å². The zero-order valence-corrected chi connectivity index (χ0v) is 13.0. The highest BCUT2D eigenvalue weighted by atomic mass is 32.1. The Morgan fingerprint density at radius 2 is 2.05 bits per heavy atom. The van der Waals surface area contributed by atoms with Gasteiger partial charge in [0.05, 0.1) is 17.9 Å². The number of hydrogen-bond acceptors (Lipinski definition) is 4. The quantitative estimate of drug-likeness (QED) is 0.784. The number of aromatic nitrogens is 3. The van der Waals surface area contributed by atoms with Crippen molar-refractivity contribution in [2.45, 2.75) is 26.4 Å². The molecule has 1 N–H and O–H groups in total. The summed E-state index contributed by atoms with van der Waals surface area (Å²) < 4.78 is 2.18. The molecule has 0 spiro atoms. The number of nitrogens with zero attached hydrogens (tertiary/aromatic N) is 3. The van der Waals surface area contributed by atoms with Gasteiger partial charge in [0.1, 0.15) is 10.8 Å². The summed E-state index contributed by atoms with van der Waals surface area (Å²) in [6.45, 7) is 4.92. The topological polar surface area (TPSA) is 42.7 Å². The molecule has 2 aromatic heterocycles. The van der Waals surface area contributed by atoms with Crippen LogP contribution >= 0.6 is 11.3 Å². The van der Waals surface area contributed by atoms with E-state index in [0.29, 0.717) is 0 Å². The molecule has 3 rings (SSSR count). The van der Waals surface area contributed by atoms with E-state index < -0.39 is 0 Å². The van der Waals surface area contributed by atoms with Crippen molar-refractivity contribution in [1.29, 1.82) is 0 Å². The third kappa shape index (κ3) is 3.04. The van der Waals surface area contributed by atoms with Crippen LogP contribution < -0.4 is 5.32 Å². The average Bonchev–Trinajstić information content (AvgIpc) is 3.15.